The summed E-state index contributed by atoms with van der Waals surface area (Å²) in [6, 6.07) is -3.28. The van der Waals surface area contributed by atoms with Gasteiger partial charge in [-0.1, -0.05) is 46.8 Å². The van der Waals surface area contributed by atoms with E-state index in [0.717, 1.165) is 10.5 Å². The zero-order chi connectivity index (χ0) is 83.5. The van der Waals surface area contributed by atoms with E-state index in [1.165, 1.54) is 32.9 Å². The van der Waals surface area contributed by atoms with E-state index in [9.17, 15) is 110 Å². The first kappa shape index (κ1) is 99.4. The number of benzene rings is 1. The van der Waals surface area contributed by atoms with Crippen LogP contribution in [0.2, 0.25) is 0 Å². The molecule has 0 spiro atoms. The number of carbonyl (C=O) groups is 17. The van der Waals surface area contributed by atoms with Crippen LogP contribution in [0.1, 0.15) is 131 Å². The third-order valence-corrected chi connectivity index (χ3v) is 16.0. The summed E-state index contributed by atoms with van der Waals surface area (Å²) in [4.78, 5) is 197. The van der Waals surface area contributed by atoms with Crippen LogP contribution in [0.25, 0.3) is 0 Å². The number of aldehydes is 1. The molecule has 610 valence electrons. The Bertz CT molecular complexity index is 3350. The van der Waals surface area contributed by atoms with Crippen LogP contribution in [-0.2, 0) is 102 Å². The molecule has 7 amide bonds. The lowest BCUT2D eigenvalue weighted by Gasteiger charge is -2.42. The van der Waals surface area contributed by atoms with Crippen LogP contribution < -0.4 is 53.4 Å². The van der Waals surface area contributed by atoms with Crippen molar-refractivity contribution in [3.63, 3.8) is 0 Å². The van der Waals surface area contributed by atoms with Crippen molar-refractivity contribution >= 4 is 117 Å². The molecule has 46 heteroatoms. The highest BCUT2D eigenvalue weighted by Gasteiger charge is 2.45. The number of carbonyl (C=O) groups excluding carboxylic acids is 8. The van der Waals surface area contributed by atoms with Crippen LogP contribution in [0.4, 0.5) is 0 Å². The monoisotopic (exact) mass is 1570 g/mol. The molecule has 0 aromatic heterocycles. The fourth-order valence-corrected chi connectivity index (χ4v) is 10.3. The number of aliphatic hydroxyl groups excluding tert-OH is 4. The van der Waals surface area contributed by atoms with Crippen LogP contribution in [0.5, 0.6) is 0 Å². The number of aliphatic hydroxyl groups is 4. The van der Waals surface area contributed by atoms with Gasteiger partial charge in [-0.15, -0.1) is 0 Å². The maximum atomic E-state index is 12.9. The van der Waals surface area contributed by atoms with Gasteiger partial charge in [0.15, 0.2) is 12.2 Å². The lowest BCUT2D eigenvalue weighted by atomic mass is 9.87. The van der Waals surface area contributed by atoms with Crippen LogP contribution in [0, 0.1) is 5.92 Å². The van der Waals surface area contributed by atoms with Crippen LogP contribution in [0.3, 0.4) is 0 Å². The molecule has 1 heterocycles. The molecule has 1 aliphatic heterocycles. The Kier molecular flexibility index (Phi) is 46.7. The maximum absolute atomic E-state index is 12.9. The molecule has 0 radical (unpaired) electrons. The predicted octanol–water partition coefficient (Wildman–Crippen LogP) is -6.67. The first-order valence-electron chi connectivity index (χ1n) is 32.7. The Morgan fingerprint density at radius 3 is 1.57 bits per heavy atom. The fourth-order valence-electron chi connectivity index (χ4n) is 9.11. The van der Waals surface area contributed by atoms with Gasteiger partial charge < -0.3 is 125 Å². The van der Waals surface area contributed by atoms with Crippen molar-refractivity contribution in [3.8, 4) is 0 Å². The van der Waals surface area contributed by atoms with Gasteiger partial charge in [0.2, 0.25) is 51.4 Å². The molecule has 1 aromatic rings. The van der Waals surface area contributed by atoms with Gasteiger partial charge in [-0.3, -0.25) is 86.6 Å². The highest BCUT2D eigenvalue weighted by molar-refractivity contribution is 7.89. The van der Waals surface area contributed by atoms with E-state index >= 15 is 0 Å². The van der Waals surface area contributed by atoms with Crippen molar-refractivity contribution in [2.45, 2.75) is 202 Å². The minimum atomic E-state index is -3.94. The molecule has 108 heavy (non-hydrogen) atoms. The Morgan fingerprint density at radius 2 is 1.13 bits per heavy atom. The molecule has 0 aliphatic carbocycles. The summed E-state index contributed by atoms with van der Waals surface area (Å²) in [5.74, 6) is -18.2. The second-order valence-corrected chi connectivity index (χ2v) is 26.6. The number of nitrogens with one attached hydrogen (secondary N) is 8. The minimum absolute atomic E-state index is 0.0148. The highest BCUT2D eigenvalue weighted by Crippen LogP contribution is 2.24. The summed E-state index contributed by atoms with van der Waals surface area (Å²) < 4.78 is 32.3. The Balaban J connectivity index is 0. The maximum Gasteiger partial charge on any atom is 0.321 e. The molecule has 1 aromatic carbocycles. The second-order valence-electron chi connectivity index (χ2n) is 24.9. The van der Waals surface area contributed by atoms with E-state index in [1.54, 1.807) is 12.1 Å². The average Bonchev–Trinajstić information content (AvgIpc) is 0.814. The molecule has 2 rings (SSSR count). The Hall–Kier alpha value is -10.6. The van der Waals surface area contributed by atoms with Gasteiger partial charge in [0.1, 0.15) is 67.5 Å². The van der Waals surface area contributed by atoms with Crippen LogP contribution >= 0.6 is 0 Å². The quantitative estimate of drug-likeness (QED) is 0.0125. The SMILES string of the molecule is CC(=O)N[C@@H]1[C@@H](O)[C@H](O)[C@@H](CO)O[C@H]1NC(=O)CCC(=O)O.CC(C)(C)c1ccc(S(=O)(=O)NC(CCCN=C(N)N)C(=O)O)cc1.CC(C)C(NC(=O)C(CCC(=O)O)NC(=O)C(CC(=O)O)NC(=O)CO)C(=O)NC(C=O)CC(=O)O.O=C(O)CCC(=O)NCCCCC(C(=O)O)N(CC(=O)O)CC(=O)O. The van der Waals surface area contributed by atoms with Crippen molar-refractivity contribution in [3.05, 3.63) is 29.8 Å². The first-order valence-corrected chi connectivity index (χ1v) is 34.1. The van der Waals surface area contributed by atoms with E-state index < -0.39 is 236 Å². The molecule has 45 nitrogen and oxygen atoms in total. The fraction of sp³-hybridized carbons (Fsp3) is 0.613. The van der Waals surface area contributed by atoms with E-state index in [4.69, 9.17) is 62.2 Å². The summed E-state index contributed by atoms with van der Waals surface area (Å²) in [6.07, 6.45) is -7.84. The van der Waals surface area contributed by atoms with E-state index in [-0.39, 0.29) is 67.7 Å². The number of ether oxygens (including phenoxy) is 1. The number of sulfonamides is 1. The molecular weight excluding hydrogens is 1470 g/mol. The normalized spacial score (nSPS) is 16.8. The summed E-state index contributed by atoms with van der Waals surface area (Å²) in [6.45, 7) is 7.62. The van der Waals surface area contributed by atoms with Gasteiger partial charge in [0, 0.05) is 39.3 Å². The number of aliphatic carboxylic acids is 9. The third kappa shape index (κ3) is 43.1. The summed E-state index contributed by atoms with van der Waals surface area (Å²) in [7, 11) is -3.94. The number of carboxylic acid groups (broad SMARTS) is 9. The molecule has 1 aliphatic rings. The summed E-state index contributed by atoms with van der Waals surface area (Å²) >= 11 is 0. The van der Waals surface area contributed by atoms with E-state index in [0.29, 0.717) is 19.3 Å². The van der Waals surface area contributed by atoms with Crippen molar-refractivity contribution in [2.75, 3.05) is 39.4 Å². The van der Waals surface area contributed by atoms with Crippen LogP contribution in [0.15, 0.2) is 34.2 Å². The standard InChI is InChI=1S/C20H30N4O12.C16H26N4O4S.C14H22N2O9.C12H20N2O8/c1-9(2)17(20(36)21-10(7-25)5-15(30)31)24-18(34)11(3-4-14(28)29)23-19(35)12(6-16(32)33)22-13(27)8-26;1-16(2,3)11-6-8-12(9-7-11)25(23,24)20-13(14(21)22)5-4-10-19-15(17)18;17-10(4-5-11(18)19)15-6-2-1-3-9(14(24)25)16(7-12(20)21)8-13(22)23;1-5(16)13-9-11(21)10(20)6(4-15)22-12(9)14-7(17)2-3-8(18)19/h7,9-12,17,26H,3-6,8H2,1-2H3,(H,21,36)(H,22,27)(H,23,35)(H,24,34)(H,28,29)(H,30,31)(H,32,33);6-9,13,20H,4-5,10H2,1-3H3,(H,21,22)(H4,17,18,19);9H,1-8H2,(H,15,17)(H,18,19)(H,20,21)(H,22,23)(H,24,25);6,9-12,15,20-21H,2-4H2,1H3,(H,13,16)(H,14,17)(H,18,19)/t;;;6-,9-,10-,11-,12-/m...1/s1. The predicted molar refractivity (Wildman–Crippen MR) is 366 cm³/mol. The smallest absolute Gasteiger partial charge is 0.321 e. The number of amides is 7. The van der Waals surface area contributed by atoms with Gasteiger partial charge in [-0.2, -0.15) is 4.72 Å². The number of hydrogen-bond donors (Lipinski definition) is 23. The number of aliphatic imine (C=N–C) groups is 1. The lowest BCUT2D eigenvalue weighted by molar-refractivity contribution is -0.203. The highest BCUT2D eigenvalue weighted by atomic mass is 32.2. The summed E-state index contributed by atoms with van der Waals surface area (Å²) in [5.41, 5.74) is 11.3. The molecule has 1 saturated heterocycles. The number of nitrogens with two attached hydrogens (primary N) is 2. The molecule has 6 unspecified atom stereocenters. The number of unbranched alkanes of at least 4 members (excludes halogenated alkanes) is 1. The Morgan fingerprint density at radius 1 is 0.593 bits per heavy atom. The number of rotatable bonds is 45. The Labute approximate surface area is 617 Å². The van der Waals surface area contributed by atoms with Gasteiger partial charge in [-0.25, -0.2) is 8.42 Å². The zero-order valence-electron chi connectivity index (χ0n) is 59.7. The van der Waals surface area contributed by atoms with E-state index in [1.807, 2.05) is 26.1 Å². The van der Waals surface area contributed by atoms with Crippen molar-refractivity contribution in [1.82, 2.24) is 46.8 Å². The molecule has 0 bridgehead atoms. The lowest BCUT2D eigenvalue weighted by Crippen LogP contribution is -2.68. The third-order valence-electron chi connectivity index (χ3n) is 14.5. The van der Waals surface area contributed by atoms with Crippen molar-refractivity contribution < 1.29 is 161 Å². The van der Waals surface area contributed by atoms with Crippen molar-refractivity contribution in [1.29, 1.82) is 0 Å². The summed E-state index contributed by atoms with van der Waals surface area (Å²) in [5, 5.41) is 133. The average molecular weight is 1570 g/mol. The van der Waals surface area contributed by atoms with Crippen molar-refractivity contribution in [2.24, 2.45) is 22.4 Å². The van der Waals surface area contributed by atoms with Gasteiger partial charge in [0.25, 0.3) is 0 Å². The number of guanidine groups is 1. The van der Waals surface area contributed by atoms with Gasteiger partial charge >= 0.3 is 53.7 Å². The first-order chi connectivity index (χ1) is 50.0. The molecule has 25 N–H and O–H groups in total. The van der Waals surface area contributed by atoms with Crippen LogP contribution in [-0.4, -0.2) is 293 Å². The number of nitrogens with zero attached hydrogens (tertiary/aromatic N) is 2. The minimum Gasteiger partial charge on any atom is -0.481 e. The number of hydrogen-bond acceptors (Lipinski definition) is 26. The van der Waals surface area contributed by atoms with Gasteiger partial charge in [-0.05, 0) is 67.6 Å². The van der Waals surface area contributed by atoms with Gasteiger partial charge in [0.05, 0.1) is 56.3 Å². The zero-order valence-corrected chi connectivity index (χ0v) is 60.5. The van der Waals surface area contributed by atoms with E-state index in [2.05, 4.69) is 41.6 Å². The number of carboxylic acids is 9. The molecule has 1 fully saturated rings. The molecular formula is C62H98N12O33S. The largest absolute Gasteiger partial charge is 0.481 e. The molecule has 0 saturated carbocycles. The second kappa shape index (κ2) is 50.8. The topological polar surface area (TPSA) is 760 Å². The molecule has 11 atom stereocenters.